The topological polar surface area (TPSA) is 67.8 Å². The summed E-state index contributed by atoms with van der Waals surface area (Å²) in [7, 11) is 1.75. The van der Waals surface area contributed by atoms with Gasteiger partial charge in [0.2, 0.25) is 5.88 Å². The minimum Gasteiger partial charge on any atom is -0.494 e. The second kappa shape index (κ2) is 12.4. The van der Waals surface area contributed by atoms with Gasteiger partial charge in [0, 0.05) is 31.4 Å². The first kappa shape index (κ1) is 23.0. The number of guanidine groups is 1. The van der Waals surface area contributed by atoms with Crippen molar-refractivity contribution in [3.63, 3.8) is 0 Å². The molecule has 0 radical (unpaired) electrons. The molecule has 2 rings (SSSR count). The minimum absolute atomic E-state index is 0. The van der Waals surface area contributed by atoms with E-state index in [0.717, 1.165) is 29.4 Å². The third-order valence-corrected chi connectivity index (χ3v) is 3.46. The zero-order valence-corrected chi connectivity index (χ0v) is 18.7. The molecular formula is C20H29IN4O2. The first-order valence-corrected chi connectivity index (χ1v) is 8.94. The van der Waals surface area contributed by atoms with E-state index in [-0.39, 0.29) is 24.0 Å². The molecule has 0 aliphatic carbocycles. The van der Waals surface area contributed by atoms with Crippen LogP contribution in [0.15, 0.2) is 47.6 Å². The average molecular weight is 484 g/mol. The van der Waals surface area contributed by atoms with Crippen molar-refractivity contribution in [2.24, 2.45) is 4.99 Å². The fourth-order valence-corrected chi connectivity index (χ4v) is 2.23. The molecule has 1 heterocycles. The quantitative estimate of drug-likeness (QED) is 0.331. The Morgan fingerprint density at radius 2 is 1.85 bits per heavy atom. The van der Waals surface area contributed by atoms with Crippen molar-refractivity contribution >= 4 is 29.9 Å². The Morgan fingerprint density at radius 1 is 1.15 bits per heavy atom. The third-order valence-electron chi connectivity index (χ3n) is 3.46. The summed E-state index contributed by atoms with van der Waals surface area (Å²) >= 11 is 0. The van der Waals surface area contributed by atoms with Gasteiger partial charge in [-0.1, -0.05) is 13.0 Å². The fourth-order valence-electron chi connectivity index (χ4n) is 2.23. The Balaban J connectivity index is 0.00000364. The van der Waals surface area contributed by atoms with E-state index in [1.807, 2.05) is 36.4 Å². The predicted molar refractivity (Wildman–Crippen MR) is 120 cm³/mol. The van der Waals surface area contributed by atoms with E-state index in [9.17, 15) is 0 Å². The molecular weight excluding hydrogens is 455 g/mol. The van der Waals surface area contributed by atoms with E-state index in [1.165, 1.54) is 0 Å². The number of pyridine rings is 1. The molecule has 0 aliphatic heterocycles. The average Bonchev–Trinajstić information content (AvgIpc) is 2.65. The number of aliphatic imine (C=N–C) groups is 1. The number of benzene rings is 1. The van der Waals surface area contributed by atoms with Crippen molar-refractivity contribution in [2.45, 2.75) is 39.8 Å². The van der Waals surface area contributed by atoms with Crippen molar-refractivity contribution < 1.29 is 9.47 Å². The van der Waals surface area contributed by atoms with Crippen LogP contribution in [0.25, 0.3) is 0 Å². The molecule has 0 bridgehead atoms. The lowest BCUT2D eigenvalue weighted by Gasteiger charge is -2.15. The van der Waals surface area contributed by atoms with Gasteiger partial charge < -0.3 is 20.1 Å². The summed E-state index contributed by atoms with van der Waals surface area (Å²) in [6.07, 6.45) is 2.70. The van der Waals surface area contributed by atoms with Crippen LogP contribution in [-0.4, -0.2) is 30.6 Å². The van der Waals surface area contributed by atoms with Gasteiger partial charge in [-0.25, -0.2) is 4.98 Å². The van der Waals surface area contributed by atoms with E-state index in [0.29, 0.717) is 25.1 Å². The number of aromatic nitrogens is 1. The zero-order valence-electron chi connectivity index (χ0n) is 16.4. The van der Waals surface area contributed by atoms with Crippen LogP contribution in [-0.2, 0) is 6.54 Å². The summed E-state index contributed by atoms with van der Waals surface area (Å²) in [6, 6.07) is 11.8. The Labute approximate surface area is 178 Å². The second-order valence-corrected chi connectivity index (χ2v) is 6.11. The van der Waals surface area contributed by atoms with E-state index in [1.54, 1.807) is 13.2 Å². The Bertz CT molecular complexity index is 705. The first-order chi connectivity index (χ1) is 12.6. The lowest BCUT2D eigenvalue weighted by Crippen LogP contribution is -2.40. The van der Waals surface area contributed by atoms with E-state index >= 15 is 0 Å². The van der Waals surface area contributed by atoms with Crippen molar-refractivity contribution in [3.8, 4) is 17.4 Å². The summed E-state index contributed by atoms with van der Waals surface area (Å²) in [5, 5.41) is 6.53. The standard InChI is InChI=1S/C20H28N4O2.HI/c1-5-13-25-17-8-10-18(11-9-17)26-19-16(7-6-12-22-19)14-23-20(21-4)24-15(2)3;/h6-12,15H,5,13-14H2,1-4H3,(H2,21,23,24);1H. The Kier molecular flexibility index (Phi) is 10.5. The number of nitrogens with zero attached hydrogens (tertiary/aromatic N) is 2. The Morgan fingerprint density at radius 3 is 2.48 bits per heavy atom. The molecule has 6 nitrogen and oxygen atoms in total. The van der Waals surface area contributed by atoms with Gasteiger partial charge in [-0.05, 0) is 50.6 Å². The zero-order chi connectivity index (χ0) is 18.8. The van der Waals surface area contributed by atoms with Gasteiger partial charge in [-0.15, -0.1) is 24.0 Å². The molecule has 2 aromatic rings. The number of hydrogen-bond acceptors (Lipinski definition) is 4. The summed E-state index contributed by atoms with van der Waals surface area (Å²) < 4.78 is 11.5. The number of rotatable bonds is 8. The maximum Gasteiger partial charge on any atom is 0.224 e. The number of ether oxygens (including phenoxy) is 2. The molecule has 0 spiro atoms. The highest BCUT2D eigenvalue weighted by Gasteiger charge is 2.08. The molecule has 1 aromatic carbocycles. The summed E-state index contributed by atoms with van der Waals surface area (Å²) in [4.78, 5) is 8.57. The van der Waals surface area contributed by atoms with Gasteiger partial charge in [-0.2, -0.15) is 0 Å². The van der Waals surface area contributed by atoms with Gasteiger partial charge in [-0.3, -0.25) is 4.99 Å². The van der Waals surface area contributed by atoms with Crippen molar-refractivity contribution in [1.82, 2.24) is 15.6 Å². The SMILES string of the molecule is CCCOc1ccc(Oc2ncccc2CNC(=NC)NC(C)C)cc1.I. The molecule has 1 aromatic heterocycles. The number of nitrogens with one attached hydrogen (secondary N) is 2. The van der Waals surface area contributed by atoms with Crippen molar-refractivity contribution in [3.05, 3.63) is 48.2 Å². The van der Waals surface area contributed by atoms with Gasteiger partial charge >= 0.3 is 0 Å². The summed E-state index contributed by atoms with van der Waals surface area (Å²) in [6.45, 7) is 7.49. The Hall–Kier alpha value is -2.03. The molecule has 2 N–H and O–H groups in total. The van der Waals surface area contributed by atoms with Crippen LogP contribution in [0.4, 0.5) is 0 Å². The van der Waals surface area contributed by atoms with Crippen LogP contribution in [0, 0.1) is 0 Å². The number of hydrogen-bond donors (Lipinski definition) is 2. The van der Waals surface area contributed by atoms with E-state index in [2.05, 4.69) is 41.4 Å². The summed E-state index contributed by atoms with van der Waals surface area (Å²) in [5.41, 5.74) is 0.950. The lowest BCUT2D eigenvalue weighted by atomic mass is 10.2. The monoisotopic (exact) mass is 484 g/mol. The van der Waals surface area contributed by atoms with Gasteiger partial charge in [0.15, 0.2) is 5.96 Å². The highest BCUT2D eigenvalue weighted by Crippen LogP contribution is 2.25. The van der Waals surface area contributed by atoms with Crippen LogP contribution < -0.4 is 20.1 Å². The lowest BCUT2D eigenvalue weighted by molar-refractivity contribution is 0.317. The molecule has 148 valence electrons. The van der Waals surface area contributed by atoms with Crippen molar-refractivity contribution in [2.75, 3.05) is 13.7 Å². The molecule has 7 heteroatoms. The third kappa shape index (κ3) is 8.03. The van der Waals surface area contributed by atoms with Crippen LogP contribution in [0.5, 0.6) is 17.4 Å². The normalized spacial score (nSPS) is 10.9. The summed E-state index contributed by atoms with van der Waals surface area (Å²) in [5.74, 6) is 2.87. The molecule has 0 atom stereocenters. The maximum atomic E-state index is 5.95. The highest BCUT2D eigenvalue weighted by atomic mass is 127. The van der Waals surface area contributed by atoms with E-state index in [4.69, 9.17) is 9.47 Å². The fraction of sp³-hybridized carbons (Fsp3) is 0.400. The van der Waals surface area contributed by atoms with E-state index < -0.39 is 0 Å². The van der Waals surface area contributed by atoms with Gasteiger partial charge in [0.1, 0.15) is 11.5 Å². The van der Waals surface area contributed by atoms with Crippen molar-refractivity contribution in [1.29, 1.82) is 0 Å². The second-order valence-electron chi connectivity index (χ2n) is 6.11. The minimum atomic E-state index is 0. The van der Waals surface area contributed by atoms with Gasteiger partial charge in [0.05, 0.1) is 6.61 Å². The number of halogens is 1. The predicted octanol–water partition coefficient (Wildman–Crippen LogP) is 4.35. The van der Waals surface area contributed by atoms with Crippen LogP contribution >= 0.6 is 24.0 Å². The molecule has 0 saturated heterocycles. The molecule has 0 saturated carbocycles. The largest absolute Gasteiger partial charge is 0.494 e. The molecule has 0 amide bonds. The van der Waals surface area contributed by atoms with Crippen LogP contribution in [0.1, 0.15) is 32.8 Å². The smallest absolute Gasteiger partial charge is 0.224 e. The maximum absolute atomic E-state index is 5.95. The first-order valence-electron chi connectivity index (χ1n) is 8.94. The molecule has 0 fully saturated rings. The molecule has 0 unspecified atom stereocenters. The molecule has 0 aliphatic rings. The van der Waals surface area contributed by atoms with Crippen LogP contribution in [0.2, 0.25) is 0 Å². The molecule has 27 heavy (non-hydrogen) atoms. The van der Waals surface area contributed by atoms with Crippen LogP contribution in [0.3, 0.4) is 0 Å². The van der Waals surface area contributed by atoms with Gasteiger partial charge in [0.25, 0.3) is 0 Å². The highest BCUT2D eigenvalue weighted by molar-refractivity contribution is 14.0.